The molecule has 6 heterocycles. The molecule has 0 radical (unpaired) electrons. The maximum Gasteiger partial charge on any atom is 0.421 e. The van der Waals surface area contributed by atoms with Crippen LogP contribution in [0, 0.1) is 13.8 Å². The van der Waals surface area contributed by atoms with E-state index < -0.39 is 0 Å². The van der Waals surface area contributed by atoms with Gasteiger partial charge in [-0.3, -0.25) is 0 Å². The molecule has 6 heteroatoms. The predicted molar refractivity (Wildman–Crippen MR) is 240 cm³/mol. The fourth-order valence-electron chi connectivity index (χ4n) is 11.1. The largest absolute Gasteiger partial charge is 0.421 e. The fraction of sp³-hybridized carbons (Fsp3) is 0.160. The quantitative estimate of drug-likeness (QED) is 0.166. The Labute approximate surface area is 327 Å². The summed E-state index contributed by atoms with van der Waals surface area (Å²) in [5.41, 5.74) is 23.9. The summed E-state index contributed by atoms with van der Waals surface area (Å²) in [6.45, 7) is 13.7. The van der Waals surface area contributed by atoms with Crippen LogP contribution in [0.3, 0.4) is 0 Å². The van der Waals surface area contributed by atoms with Gasteiger partial charge in [-0.1, -0.05) is 99.5 Å². The van der Waals surface area contributed by atoms with Crippen molar-refractivity contribution in [3.05, 3.63) is 144 Å². The van der Waals surface area contributed by atoms with Gasteiger partial charge in [-0.2, -0.15) is 0 Å². The van der Waals surface area contributed by atoms with Crippen molar-refractivity contribution in [2.45, 2.75) is 53.4 Å². The number of anilines is 4. The first kappa shape index (κ1) is 31.1. The molecule has 0 N–H and O–H groups in total. The number of rotatable bonds is 2. The predicted octanol–water partition coefficient (Wildman–Crippen LogP) is 11.5. The van der Waals surface area contributed by atoms with E-state index in [4.69, 9.17) is 0 Å². The summed E-state index contributed by atoms with van der Waals surface area (Å²) in [6.07, 6.45) is 0. The number of aromatic nitrogens is 2. The first-order chi connectivity index (χ1) is 27.3. The third-order valence-electron chi connectivity index (χ3n) is 13.7. The third kappa shape index (κ3) is 3.64. The van der Waals surface area contributed by atoms with Gasteiger partial charge in [0.15, 0.2) is 0 Å². The third-order valence-corrected chi connectivity index (χ3v) is 13.7. The molecule has 13 rings (SSSR count). The van der Waals surface area contributed by atoms with Crippen LogP contribution in [-0.4, -0.2) is 22.9 Å². The molecule has 4 aliphatic heterocycles. The van der Waals surface area contributed by atoms with Crippen molar-refractivity contribution in [1.82, 2.24) is 8.96 Å². The standard InChI is InChI=1S/C50H40B2N4/c1-27(2)31-15-19-43-39(23-31)35-25-42-36(26-41(35)51-53(43)47-11-7-9-33-37-21-29(5)13-17-45(37)55(51)49(33)47)40-24-32(28(3)4)16-20-44(40)54-48-12-8-10-34-38-22-30(6)14-18-46(38)56(50(34)48)52(42)54/h7-28H,1-6H3. The summed E-state index contributed by atoms with van der Waals surface area (Å²) < 4.78 is 5.31. The van der Waals surface area contributed by atoms with Crippen molar-refractivity contribution in [1.29, 1.82) is 0 Å². The summed E-state index contributed by atoms with van der Waals surface area (Å²) in [7, 11) is 0. The van der Waals surface area contributed by atoms with E-state index in [-0.39, 0.29) is 14.0 Å². The van der Waals surface area contributed by atoms with Crippen LogP contribution in [0.5, 0.6) is 0 Å². The number of benzene rings is 7. The van der Waals surface area contributed by atoms with Gasteiger partial charge >= 0.3 is 14.0 Å². The highest BCUT2D eigenvalue weighted by molar-refractivity contribution is 6.85. The van der Waals surface area contributed by atoms with Gasteiger partial charge in [0, 0.05) is 55.1 Å². The fourth-order valence-corrected chi connectivity index (χ4v) is 11.1. The van der Waals surface area contributed by atoms with Crippen molar-refractivity contribution in [3.63, 3.8) is 0 Å². The zero-order chi connectivity index (χ0) is 37.5. The molecule has 0 atom stereocenters. The van der Waals surface area contributed by atoms with Crippen LogP contribution in [0.1, 0.15) is 61.8 Å². The molecule has 0 spiro atoms. The highest BCUT2D eigenvalue weighted by atomic mass is 15.2. The Hall–Kier alpha value is -6.13. The lowest BCUT2D eigenvalue weighted by molar-refractivity contribution is 0.867. The molecule has 56 heavy (non-hydrogen) atoms. The molecule has 0 saturated heterocycles. The molecule has 266 valence electrons. The van der Waals surface area contributed by atoms with E-state index in [2.05, 4.69) is 181 Å². The van der Waals surface area contributed by atoms with Gasteiger partial charge in [0.2, 0.25) is 0 Å². The number of para-hydroxylation sites is 2. The van der Waals surface area contributed by atoms with Crippen molar-refractivity contribution < 1.29 is 0 Å². The monoisotopic (exact) mass is 718 g/mol. The minimum atomic E-state index is -0.00886. The molecule has 2 aromatic heterocycles. The highest BCUT2D eigenvalue weighted by Gasteiger charge is 2.49. The minimum Gasteiger partial charge on any atom is -0.359 e. The van der Waals surface area contributed by atoms with Crippen molar-refractivity contribution in [2.75, 3.05) is 9.62 Å². The Kier molecular flexibility index (Phi) is 5.77. The van der Waals surface area contributed by atoms with Crippen molar-refractivity contribution in [3.8, 4) is 22.3 Å². The van der Waals surface area contributed by atoms with Gasteiger partial charge in [0.05, 0.1) is 22.4 Å². The second-order valence-electron chi connectivity index (χ2n) is 17.5. The zero-order valence-electron chi connectivity index (χ0n) is 32.6. The second-order valence-corrected chi connectivity index (χ2v) is 17.5. The lowest BCUT2D eigenvalue weighted by Crippen LogP contribution is -2.55. The molecule has 4 aliphatic rings. The topological polar surface area (TPSA) is 16.3 Å². The summed E-state index contributed by atoms with van der Waals surface area (Å²) in [5.74, 6) is 0.845. The minimum absolute atomic E-state index is 0.00886. The molecular weight excluding hydrogens is 678 g/mol. The van der Waals surface area contributed by atoms with Gasteiger partial charge in [0.1, 0.15) is 0 Å². The summed E-state index contributed by atoms with van der Waals surface area (Å²) in [4.78, 5) is 5.29. The molecule has 7 aromatic carbocycles. The first-order valence-electron chi connectivity index (χ1n) is 20.4. The van der Waals surface area contributed by atoms with E-state index in [1.54, 1.807) is 0 Å². The van der Waals surface area contributed by atoms with Gasteiger partial charge in [0.25, 0.3) is 0 Å². The Morgan fingerprint density at radius 3 is 1.29 bits per heavy atom. The highest BCUT2D eigenvalue weighted by Crippen LogP contribution is 2.53. The van der Waals surface area contributed by atoms with Crippen LogP contribution in [0.4, 0.5) is 22.7 Å². The smallest absolute Gasteiger partial charge is 0.359 e. The number of fused-ring (bicyclic) bond motifs is 22. The normalized spacial score (nSPS) is 14.4. The first-order valence-corrected chi connectivity index (χ1v) is 20.4. The lowest BCUT2D eigenvalue weighted by atomic mass is 9.54. The molecule has 9 aromatic rings. The average molecular weight is 719 g/mol. The Morgan fingerprint density at radius 2 is 0.857 bits per heavy atom. The van der Waals surface area contributed by atoms with E-state index in [1.165, 1.54) is 122 Å². The van der Waals surface area contributed by atoms with E-state index in [0.29, 0.717) is 11.8 Å². The number of hydrogen-bond acceptors (Lipinski definition) is 2. The molecule has 0 saturated carbocycles. The lowest BCUT2D eigenvalue weighted by Gasteiger charge is -2.39. The molecule has 0 unspecified atom stereocenters. The van der Waals surface area contributed by atoms with E-state index in [0.717, 1.165) is 0 Å². The molecule has 0 amide bonds. The molecular formula is C50H40B2N4. The van der Waals surface area contributed by atoms with E-state index in [9.17, 15) is 0 Å². The van der Waals surface area contributed by atoms with Gasteiger partial charge in [-0.15, -0.1) is 0 Å². The van der Waals surface area contributed by atoms with E-state index >= 15 is 0 Å². The Bertz CT molecular complexity index is 3050. The van der Waals surface area contributed by atoms with Crippen molar-refractivity contribution in [2.24, 2.45) is 0 Å². The number of aryl methyl sites for hydroxylation is 2. The van der Waals surface area contributed by atoms with Crippen LogP contribution >= 0.6 is 0 Å². The average Bonchev–Trinajstić information content (AvgIpc) is 3.93. The van der Waals surface area contributed by atoms with Gasteiger partial charge < -0.3 is 18.6 Å². The number of hydrogen-bond donors (Lipinski definition) is 0. The van der Waals surface area contributed by atoms with Crippen LogP contribution < -0.4 is 20.5 Å². The SMILES string of the molecule is Cc1ccc2c(c1)c1cccc3c1n2B1c2cc4c(cc2-c2cc(C(C)C)ccc2N13)B1N(c2ccc(C(C)C)cc2-4)c2cccc3c4cc(C)ccc4n1c23. The zero-order valence-corrected chi connectivity index (χ0v) is 32.6. The van der Waals surface area contributed by atoms with Crippen LogP contribution in [0.25, 0.3) is 65.9 Å². The Balaban J connectivity index is 1.17. The number of nitrogens with zero attached hydrogens (tertiary/aromatic N) is 4. The molecule has 0 aliphatic carbocycles. The van der Waals surface area contributed by atoms with E-state index in [1.807, 2.05) is 0 Å². The molecule has 0 bridgehead atoms. The van der Waals surface area contributed by atoms with Crippen LogP contribution in [0.15, 0.2) is 121 Å². The summed E-state index contributed by atoms with van der Waals surface area (Å²) >= 11 is 0. The molecule has 4 nitrogen and oxygen atoms in total. The Morgan fingerprint density at radius 1 is 0.411 bits per heavy atom. The van der Waals surface area contributed by atoms with Gasteiger partial charge in [-0.25, -0.2) is 0 Å². The maximum absolute atomic E-state index is 2.65. The molecule has 0 fully saturated rings. The second kappa shape index (κ2) is 10.4. The summed E-state index contributed by atoms with van der Waals surface area (Å²) in [6, 6.07) is 47.7. The van der Waals surface area contributed by atoms with Crippen LogP contribution in [0.2, 0.25) is 0 Å². The van der Waals surface area contributed by atoms with Gasteiger partial charge in [-0.05, 0) is 120 Å². The summed E-state index contributed by atoms with van der Waals surface area (Å²) in [5, 5.41) is 5.35. The maximum atomic E-state index is 2.65. The van der Waals surface area contributed by atoms with Crippen LogP contribution in [-0.2, 0) is 0 Å². The van der Waals surface area contributed by atoms with Crippen molar-refractivity contribution >= 4 is 91.3 Å².